The number of rotatable bonds is 3. The lowest BCUT2D eigenvalue weighted by Crippen LogP contribution is -2.60. The Kier molecular flexibility index (Phi) is 6.04. The number of hydrogen-bond donors (Lipinski definition) is 1. The number of alkyl halides is 3. The number of hydrogen-bond acceptors (Lipinski definition) is 5. The van der Waals surface area contributed by atoms with Gasteiger partial charge in [0.1, 0.15) is 11.4 Å². The van der Waals surface area contributed by atoms with E-state index in [1.807, 2.05) is 21.9 Å². The molecule has 1 N–H and O–H groups in total. The SMILES string of the molecule is CC1(C)C(=O)Nc2ccccc2N1C(=O)CN1CCCN(c2ccc(C(F)(F)F)cn2)CC1. The first kappa shape index (κ1) is 23.0. The number of para-hydroxylation sites is 2. The van der Waals surface area contributed by atoms with Crippen LogP contribution in [0.3, 0.4) is 0 Å². The van der Waals surface area contributed by atoms with E-state index in [9.17, 15) is 22.8 Å². The Bertz CT molecular complexity index is 1040. The summed E-state index contributed by atoms with van der Waals surface area (Å²) in [7, 11) is 0. The number of aromatic nitrogens is 1. The van der Waals surface area contributed by atoms with Gasteiger partial charge in [-0.2, -0.15) is 13.2 Å². The molecule has 1 fully saturated rings. The van der Waals surface area contributed by atoms with Crippen LogP contribution in [0.5, 0.6) is 0 Å². The number of pyridine rings is 1. The van der Waals surface area contributed by atoms with Crippen molar-refractivity contribution in [2.24, 2.45) is 0 Å². The van der Waals surface area contributed by atoms with Gasteiger partial charge in [-0.25, -0.2) is 4.98 Å². The van der Waals surface area contributed by atoms with Crippen LogP contribution in [-0.2, 0) is 15.8 Å². The first-order chi connectivity index (χ1) is 15.6. The molecule has 4 rings (SSSR count). The summed E-state index contributed by atoms with van der Waals surface area (Å²) >= 11 is 0. The van der Waals surface area contributed by atoms with Crippen molar-refractivity contribution in [2.75, 3.05) is 47.8 Å². The van der Waals surface area contributed by atoms with Gasteiger partial charge < -0.3 is 10.2 Å². The van der Waals surface area contributed by atoms with Crippen molar-refractivity contribution in [2.45, 2.75) is 32.0 Å². The minimum Gasteiger partial charge on any atom is -0.355 e. The molecule has 2 aliphatic heterocycles. The van der Waals surface area contributed by atoms with Gasteiger partial charge >= 0.3 is 6.18 Å². The quantitative estimate of drug-likeness (QED) is 0.759. The van der Waals surface area contributed by atoms with E-state index >= 15 is 0 Å². The molecule has 0 unspecified atom stereocenters. The summed E-state index contributed by atoms with van der Waals surface area (Å²) in [6, 6.07) is 9.63. The molecule has 0 saturated carbocycles. The maximum absolute atomic E-state index is 13.4. The van der Waals surface area contributed by atoms with Gasteiger partial charge in [0.2, 0.25) is 11.8 Å². The topological polar surface area (TPSA) is 68.8 Å². The van der Waals surface area contributed by atoms with Crippen molar-refractivity contribution in [1.82, 2.24) is 9.88 Å². The van der Waals surface area contributed by atoms with E-state index in [2.05, 4.69) is 10.3 Å². The molecular formula is C23H26F3N5O2. The van der Waals surface area contributed by atoms with Crippen LogP contribution in [-0.4, -0.2) is 60.0 Å². The molecule has 1 aromatic carbocycles. The number of anilines is 3. The summed E-state index contributed by atoms with van der Waals surface area (Å²) in [6.45, 7) is 5.95. The monoisotopic (exact) mass is 461 g/mol. The number of nitrogens with zero attached hydrogens (tertiary/aromatic N) is 4. The maximum atomic E-state index is 13.4. The zero-order valence-electron chi connectivity index (χ0n) is 18.5. The Balaban J connectivity index is 1.44. The third kappa shape index (κ3) is 4.66. The standard InChI is InChI=1S/C23H26F3N5O2/c1-22(2)21(33)28-17-6-3-4-7-18(17)31(22)20(32)15-29-10-5-11-30(13-12-29)19-9-8-16(14-27-19)23(24,25)26/h3-4,6-9,14H,5,10-13,15H2,1-2H3,(H,28,33). The van der Waals surface area contributed by atoms with Crippen LogP contribution >= 0.6 is 0 Å². The first-order valence-electron chi connectivity index (χ1n) is 10.8. The predicted octanol–water partition coefficient (Wildman–Crippen LogP) is 3.38. The summed E-state index contributed by atoms with van der Waals surface area (Å²) in [5, 5.41) is 2.86. The Morgan fingerprint density at radius 1 is 1.09 bits per heavy atom. The number of fused-ring (bicyclic) bond motifs is 1. The van der Waals surface area contributed by atoms with E-state index < -0.39 is 17.3 Å². The van der Waals surface area contributed by atoms with Crippen LogP contribution in [0.25, 0.3) is 0 Å². The van der Waals surface area contributed by atoms with Gasteiger partial charge in [0.25, 0.3) is 0 Å². The average molecular weight is 461 g/mol. The summed E-state index contributed by atoms with van der Waals surface area (Å²) in [5.74, 6) is 0.0623. The van der Waals surface area contributed by atoms with Crippen molar-refractivity contribution in [3.05, 3.63) is 48.2 Å². The van der Waals surface area contributed by atoms with Gasteiger partial charge in [-0.05, 0) is 44.5 Å². The van der Waals surface area contributed by atoms with Crippen LogP contribution < -0.4 is 15.1 Å². The van der Waals surface area contributed by atoms with Crippen LogP contribution in [0.1, 0.15) is 25.8 Å². The second kappa shape index (κ2) is 8.66. The molecule has 2 amide bonds. The number of carbonyl (C=O) groups is 2. The van der Waals surface area contributed by atoms with Crippen molar-refractivity contribution in [1.29, 1.82) is 0 Å². The lowest BCUT2D eigenvalue weighted by Gasteiger charge is -2.42. The van der Waals surface area contributed by atoms with Gasteiger partial charge in [0, 0.05) is 32.4 Å². The fourth-order valence-corrected chi connectivity index (χ4v) is 4.26. The van der Waals surface area contributed by atoms with Crippen LogP contribution in [0.15, 0.2) is 42.6 Å². The minimum absolute atomic E-state index is 0.138. The van der Waals surface area contributed by atoms with Gasteiger partial charge in [0.15, 0.2) is 0 Å². The Morgan fingerprint density at radius 3 is 2.55 bits per heavy atom. The predicted molar refractivity (Wildman–Crippen MR) is 119 cm³/mol. The molecule has 7 nitrogen and oxygen atoms in total. The zero-order valence-corrected chi connectivity index (χ0v) is 18.5. The van der Waals surface area contributed by atoms with E-state index in [1.165, 1.54) is 6.07 Å². The largest absolute Gasteiger partial charge is 0.417 e. The van der Waals surface area contributed by atoms with Crippen molar-refractivity contribution in [3.8, 4) is 0 Å². The van der Waals surface area contributed by atoms with Gasteiger partial charge in [-0.15, -0.1) is 0 Å². The molecule has 10 heteroatoms. The molecule has 2 aromatic rings. The highest BCUT2D eigenvalue weighted by molar-refractivity contribution is 6.14. The second-order valence-electron chi connectivity index (χ2n) is 8.78. The molecule has 0 spiro atoms. The van der Waals surface area contributed by atoms with E-state index in [0.29, 0.717) is 43.4 Å². The summed E-state index contributed by atoms with van der Waals surface area (Å²) in [5.41, 5.74) is -0.544. The molecule has 176 valence electrons. The summed E-state index contributed by atoms with van der Waals surface area (Å²) in [6.07, 6.45) is -2.84. The lowest BCUT2D eigenvalue weighted by atomic mass is 9.96. The molecule has 33 heavy (non-hydrogen) atoms. The minimum atomic E-state index is -4.42. The number of amides is 2. The van der Waals surface area contributed by atoms with E-state index in [4.69, 9.17) is 0 Å². The molecule has 0 bridgehead atoms. The van der Waals surface area contributed by atoms with Crippen LogP contribution in [0.4, 0.5) is 30.4 Å². The van der Waals surface area contributed by atoms with Crippen LogP contribution in [0, 0.1) is 0 Å². The third-order valence-corrected chi connectivity index (χ3v) is 6.10. The zero-order chi connectivity index (χ0) is 23.8. The molecule has 2 aliphatic rings. The van der Waals surface area contributed by atoms with Crippen molar-refractivity contribution in [3.63, 3.8) is 0 Å². The van der Waals surface area contributed by atoms with E-state index in [0.717, 1.165) is 18.7 Å². The van der Waals surface area contributed by atoms with Gasteiger partial charge in [0.05, 0.1) is 23.5 Å². The van der Waals surface area contributed by atoms with E-state index in [-0.39, 0.29) is 18.4 Å². The second-order valence-corrected chi connectivity index (χ2v) is 8.78. The summed E-state index contributed by atoms with van der Waals surface area (Å²) in [4.78, 5) is 35.5. The smallest absolute Gasteiger partial charge is 0.355 e. The Hall–Kier alpha value is -3.14. The molecular weight excluding hydrogens is 435 g/mol. The summed E-state index contributed by atoms with van der Waals surface area (Å²) < 4.78 is 38.4. The van der Waals surface area contributed by atoms with E-state index in [1.54, 1.807) is 30.9 Å². The molecule has 0 radical (unpaired) electrons. The van der Waals surface area contributed by atoms with Crippen LogP contribution in [0.2, 0.25) is 0 Å². The fourth-order valence-electron chi connectivity index (χ4n) is 4.26. The molecule has 3 heterocycles. The normalized spacial score (nSPS) is 19.0. The number of nitrogens with one attached hydrogen (secondary N) is 1. The first-order valence-corrected chi connectivity index (χ1v) is 10.8. The number of halogens is 3. The average Bonchev–Trinajstić information content (AvgIpc) is 2.99. The highest BCUT2D eigenvalue weighted by atomic mass is 19.4. The van der Waals surface area contributed by atoms with Gasteiger partial charge in [-0.1, -0.05) is 12.1 Å². The van der Waals surface area contributed by atoms with Gasteiger partial charge in [-0.3, -0.25) is 19.4 Å². The fraction of sp³-hybridized carbons (Fsp3) is 0.435. The maximum Gasteiger partial charge on any atom is 0.417 e. The number of carbonyl (C=O) groups excluding carboxylic acids is 2. The highest BCUT2D eigenvalue weighted by Gasteiger charge is 2.43. The van der Waals surface area contributed by atoms with Crippen molar-refractivity contribution >= 4 is 29.0 Å². The van der Waals surface area contributed by atoms with Crippen molar-refractivity contribution < 1.29 is 22.8 Å². The lowest BCUT2D eigenvalue weighted by molar-refractivity contribution is -0.137. The molecule has 1 aromatic heterocycles. The Labute approximate surface area is 190 Å². The molecule has 0 aliphatic carbocycles. The third-order valence-electron chi connectivity index (χ3n) is 6.10. The molecule has 0 atom stereocenters. The Morgan fingerprint density at radius 2 is 1.85 bits per heavy atom. The highest BCUT2D eigenvalue weighted by Crippen LogP contribution is 2.36. The number of benzene rings is 1. The molecule has 1 saturated heterocycles.